The predicted molar refractivity (Wildman–Crippen MR) is 118 cm³/mol. The summed E-state index contributed by atoms with van der Waals surface area (Å²) in [5, 5.41) is 20.7. The van der Waals surface area contributed by atoms with Crippen LogP contribution in [-0.2, 0) is 12.3 Å². The van der Waals surface area contributed by atoms with E-state index in [1.165, 1.54) is 23.9 Å². The Balaban J connectivity index is 1.66. The third kappa shape index (κ3) is 4.72. The lowest BCUT2D eigenvalue weighted by Crippen LogP contribution is -2.04. The summed E-state index contributed by atoms with van der Waals surface area (Å²) in [5.74, 6) is 1.79. The molecule has 0 amide bonds. The maximum Gasteiger partial charge on any atom is 0.270 e. The molecule has 0 unspecified atom stereocenters. The average Bonchev–Trinajstić information content (AvgIpc) is 3.21. The van der Waals surface area contributed by atoms with Crippen molar-refractivity contribution >= 4 is 17.4 Å². The minimum absolute atomic E-state index is 0.0274. The van der Waals surface area contributed by atoms with Gasteiger partial charge in [-0.05, 0) is 23.8 Å². The molecule has 0 atom stereocenters. The topological polar surface area (TPSA) is 96.0 Å². The van der Waals surface area contributed by atoms with Crippen LogP contribution in [0, 0.1) is 10.1 Å². The van der Waals surface area contributed by atoms with E-state index in [1.54, 1.807) is 25.6 Å². The van der Waals surface area contributed by atoms with Crippen molar-refractivity contribution in [1.82, 2.24) is 19.7 Å². The average molecular weight is 433 g/mol. The van der Waals surface area contributed by atoms with Crippen LogP contribution in [0.1, 0.15) is 11.1 Å². The van der Waals surface area contributed by atoms with E-state index in [4.69, 9.17) is 4.74 Å². The fourth-order valence-electron chi connectivity index (χ4n) is 3.15. The van der Waals surface area contributed by atoms with E-state index in [1.807, 2.05) is 47.0 Å². The molecule has 0 saturated heterocycles. The summed E-state index contributed by atoms with van der Waals surface area (Å²) in [4.78, 5) is 14.8. The first kappa shape index (κ1) is 20.5. The molecule has 0 aliphatic carbocycles. The van der Waals surface area contributed by atoms with Gasteiger partial charge in [-0.2, -0.15) is 0 Å². The number of non-ortho nitro benzene ring substituents is 1. The number of aromatic nitrogens is 4. The number of nitro benzene ring substituents is 1. The van der Waals surface area contributed by atoms with Crippen LogP contribution in [0.2, 0.25) is 0 Å². The van der Waals surface area contributed by atoms with Crippen molar-refractivity contribution in [3.05, 3.63) is 94.3 Å². The summed E-state index contributed by atoms with van der Waals surface area (Å²) >= 11 is 1.46. The Morgan fingerprint density at radius 1 is 1.06 bits per heavy atom. The number of pyridine rings is 1. The highest BCUT2D eigenvalue weighted by atomic mass is 32.2. The fourth-order valence-corrected chi connectivity index (χ4v) is 4.07. The molecule has 0 N–H and O–H groups in total. The molecule has 4 aromatic rings. The zero-order chi connectivity index (χ0) is 21.6. The molecule has 0 aliphatic rings. The number of thioether (sulfide) groups is 1. The molecule has 8 nitrogen and oxygen atoms in total. The quantitative estimate of drug-likeness (QED) is 0.228. The second-order valence-corrected chi connectivity index (χ2v) is 7.60. The van der Waals surface area contributed by atoms with Crippen LogP contribution in [0.5, 0.6) is 5.75 Å². The summed E-state index contributed by atoms with van der Waals surface area (Å²) < 4.78 is 7.42. The highest BCUT2D eigenvalue weighted by Crippen LogP contribution is 2.32. The molecule has 0 bridgehead atoms. The molecule has 2 aromatic heterocycles. The number of nitro groups is 1. The molecule has 0 saturated carbocycles. The van der Waals surface area contributed by atoms with Gasteiger partial charge in [0.05, 0.1) is 18.6 Å². The van der Waals surface area contributed by atoms with Gasteiger partial charge < -0.3 is 4.74 Å². The van der Waals surface area contributed by atoms with E-state index in [2.05, 4.69) is 15.2 Å². The molecule has 9 heteroatoms. The molecule has 2 heterocycles. The Morgan fingerprint density at radius 2 is 1.84 bits per heavy atom. The van der Waals surface area contributed by atoms with Crippen LogP contribution in [0.4, 0.5) is 5.69 Å². The largest absolute Gasteiger partial charge is 0.496 e. The van der Waals surface area contributed by atoms with Gasteiger partial charge in [0.25, 0.3) is 5.69 Å². The second kappa shape index (κ2) is 9.40. The van der Waals surface area contributed by atoms with E-state index in [-0.39, 0.29) is 5.69 Å². The number of methoxy groups -OCH3 is 1. The molecule has 4 rings (SSSR count). The minimum atomic E-state index is -0.410. The van der Waals surface area contributed by atoms with E-state index < -0.39 is 4.92 Å². The Labute approximate surface area is 183 Å². The predicted octanol–water partition coefficient (Wildman–Crippen LogP) is 4.60. The standard InChI is InChI=1S/C22H19N5O3S/c1-30-20-8-7-19(27(28)29)13-18(20)15-31-22-25-24-21(17-9-11-23-12-10-17)26(22)14-16-5-3-2-4-6-16/h2-13H,14-15H2,1H3. The molecule has 0 spiro atoms. The zero-order valence-electron chi connectivity index (χ0n) is 16.7. The van der Waals surface area contributed by atoms with Crippen molar-refractivity contribution in [2.24, 2.45) is 0 Å². The Morgan fingerprint density at radius 3 is 2.55 bits per heavy atom. The van der Waals surface area contributed by atoms with E-state index >= 15 is 0 Å². The van der Waals surface area contributed by atoms with E-state index in [9.17, 15) is 10.1 Å². The number of benzene rings is 2. The number of rotatable bonds is 8. The van der Waals surface area contributed by atoms with Crippen molar-refractivity contribution in [2.75, 3.05) is 7.11 Å². The molecule has 0 radical (unpaired) electrons. The fraction of sp³-hybridized carbons (Fsp3) is 0.136. The third-order valence-electron chi connectivity index (χ3n) is 4.67. The monoisotopic (exact) mass is 433 g/mol. The smallest absolute Gasteiger partial charge is 0.270 e. The maximum atomic E-state index is 11.2. The lowest BCUT2D eigenvalue weighted by Gasteiger charge is -2.11. The van der Waals surface area contributed by atoms with E-state index in [0.29, 0.717) is 23.2 Å². The Kier molecular flexibility index (Phi) is 6.23. The zero-order valence-corrected chi connectivity index (χ0v) is 17.5. The lowest BCUT2D eigenvalue weighted by atomic mass is 10.2. The second-order valence-electron chi connectivity index (χ2n) is 6.66. The van der Waals surface area contributed by atoms with Gasteiger partial charge in [-0.3, -0.25) is 19.7 Å². The van der Waals surface area contributed by atoms with Gasteiger partial charge in [0.15, 0.2) is 11.0 Å². The van der Waals surface area contributed by atoms with Crippen molar-refractivity contribution in [3.63, 3.8) is 0 Å². The summed E-state index contributed by atoms with van der Waals surface area (Å²) in [6, 6.07) is 18.4. The van der Waals surface area contributed by atoms with Gasteiger partial charge in [-0.1, -0.05) is 42.1 Å². The highest BCUT2D eigenvalue weighted by Gasteiger charge is 2.17. The molecular weight excluding hydrogens is 414 g/mol. The van der Waals surface area contributed by atoms with Gasteiger partial charge in [-0.15, -0.1) is 10.2 Å². The minimum Gasteiger partial charge on any atom is -0.496 e. The number of hydrogen-bond donors (Lipinski definition) is 0. The summed E-state index contributed by atoms with van der Waals surface area (Å²) in [6.07, 6.45) is 3.44. The first-order valence-corrected chi connectivity index (χ1v) is 10.5. The SMILES string of the molecule is COc1ccc([N+](=O)[O-])cc1CSc1nnc(-c2ccncc2)n1Cc1ccccc1. The van der Waals surface area contributed by atoms with Crippen LogP contribution >= 0.6 is 11.8 Å². The van der Waals surface area contributed by atoms with Crippen molar-refractivity contribution in [3.8, 4) is 17.1 Å². The van der Waals surface area contributed by atoms with Crippen LogP contribution in [0.3, 0.4) is 0 Å². The number of hydrogen-bond acceptors (Lipinski definition) is 7. The van der Waals surface area contributed by atoms with Crippen molar-refractivity contribution in [2.45, 2.75) is 17.5 Å². The van der Waals surface area contributed by atoms with Crippen LogP contribution in [0.15, 0.2) is 78.2 Å². The first-order chi connectivity index (χ1) is 15.2. The summed E-state index contributed by atoms with van der Waals surface area (Å²) in [6.45, 7) is 0.597. The molecule has 31 heavy (non-hydrogen) atoms. The molecule has 0 fully saturated rings. The van der Waals surface area contributed by atoms with E-state index in [0.717, 1.165) is 22.5 Å². The van der Waals surface area contributed by atoms with Crippen molar-refractivity contribution in [1.29, 1.82) is 0 Å². The van der Waals surface area contributed by atoms with Crippen LogP contribution in [0.25, 0.3) is 11.4 Å². The molecule has 0 aliphatic heterocycles. The van der Waals surface area contributed by atoms with Crippen LogP contribution in [-0.4, -0.2) is 31.8 Å². The Bertz CT molecular complexity index is 1180. The van der Waals surface area contributed by atoms with Gasteiger partial charge in [0.1, 0.15) is 5.75 Å². The first-order valence-electron chi connectivity index (χ1n) is 9.47. The number of nitrogens with zero attached hydrogens (tertiary/aromatic N) is 5. The van der Waals surface area contributed by atoms with Gasteiger partial charge >= 0.3 is 0 Å². The third-order valence-corrected chi connectivity index (χ3v) is 5.69. The van der Waals surface area contributed by atoms with Gasteiger partial charge in [0, 0.05) is 41.4 Å². The molecule has 2 aromatic carbocycles. The summed E-state index contributed by atoms with van der Waals surface area (Å²) in [7, 11) is 1.55. The van der Waals surface area contributed by atoms with Crippen molar-refractivity contribution < 1.29 is 9.66 Å². The normalized spacial score (nSPS) is 10.7. The number of ether oxygens (including phenoxy) is 1. The molecular formula is C22H19N5O3S. The summed E-state index contributed by atoms with van der Waals surface area (Å²) in [5.41, 5.74) is 2.78. The van der Waals surface area contributed by atoms with Gasteiger partial charge in [-0.25, -0.2) is 0 Å². The Hall–Kier alpha value is -3.72. The maximum absolute atomic E-state index is 11.2. The lowest BCUT2D eigenvalue weighted by molar-refractivity contribution is -0.384. The highest BCUT2D eigenvalue weighted by molar-refractivity contribution is 7.98. The van der Waals surface area contributed by atoms with Crippen LogP contribution < -0.4 is 4.74 Å². The van der Waals surface area contributed by atoms with Gasteiger partial charge in [0.2, 0.25) is 0 Å². The molecule has 156 valence electrons.